The number of carbonyl (C=O) groups is 1. The summed E-state index contributed by atoms with van der Waals surface area (Å²) in [5, 5.41) is 9.09. The van der Waals surface area contributed by atoms with Gasteiger partial charge in [-0.2, -0.15) is 5.26 Å². The number of aromatic amines is 1. The van der Waals surface area contributed by atoms with Crippen LogP contribution in [-0.2, 0) is 0 Å². The lowest BCUT2D eigenvalue weighted by Gasteiger charge is -2.04. The molecule has 6 nitrogen and oxygen atoms in total. The molecule has 7 heteroatoms. The first kappa shape index (κ1) is 13.0. The fourth-order valence-electron chi connectivity index (χ4n) is 1.70. The van der Waals surface area contributed by atoms with Gasteiger partial charge in [0.2, 0.25) is 0 Å². The lowest BCUT2D eigenvalue weighted by molar-refractivity contribution is 0.1000. The maximum absolute atomic E-state index is 11.5. The van der Waals surface area contributed by atoms with Gasteiger partial charge in [0.05, 0.1) is 5.69 Å². The molecule has 0 bridgehead atoms. The van der Waals surface area contributed by atoms with Gasteiger partial charge in [-0.25, -0.2) is 4.98 Å². The molecule has 96 valence electrons. The van der Waals surface area contributed by atoms with Crippen molar-refractivity contribution >= 4 is 17.2 Å². The van der Waals surface area contributed by atoms with Crippen molar-refractivity contribution in [3.05, 3.63) is 37.6 Å². The highest BCUT2D eigenvalue weighted by Gasteiger charge is 2.16. The topological polar surface area (TPSA) is 113 Å². The number of hydrogen-bond donors (Lipinski definition) is 2. The van der Waals surface area contributed by atoms with E-state index in [4.69, 9.17) is 11.0 Å². The maximum Gasteiger partial charge on any atom is 0.277 e. The summed E-state index contributed by atoms with van der Waals surface area (Å²) in [6.45, 7) is 3.51. The Balaban J connectivity index is 2.69. The van der Waals surface area contributed by atoms with Gasteiger partial charge in [-0.1, -0.05) is 0 Å². The Morgan fingerprint density at radius 2 is 2.21 bits per heavy atom. The minimum atomic E-state index is -0.595. The van der Waals surface area contributed by atoms with Gasteiger partial charge < -0.3 is 10.7 Å². The van der Waals surface area contributed by atoms with E-state index in [0.29, 0.717) is 17.0 Å². The average Bonchev–Trinajstić information content (AvgIpc) is 2.72. The standard InChI is InChI=1S/C12H10N4O2S/c1-5-8(3-7(4-13)11(18)15-5)9-6(2)19-12(16-9)10(14)17/h3H,1-2H3,(H2,14,17)(H,15,18). The van der Waals surface area contributed by atoms with Crippen molar-refractivity contribution in [1.29, 1.82) is 5.26 Å². The van der Waals surface area contributed by atoms with E-state index in [2.05, 4.69) is 9.97 Å². The van der Waals surface area contributed by atoms with Gasteiger partial charge in [-0.15, -0.1) is 11.3 Å². The van der Waals surface area contributed by atoms with E-state index in [0.717, 1.165) is 4.88 Å². The van der Waals surface area contributed by atoms with Crippen LogP contribution in [0.1, 0.15) is 25.9 Å². The third-order valence-electron chi connectivity index (χ3n) is 2.62. The number of carbonyl (C=O) groups excluding carboxylic acids is 1. The van der Waals surface area contributed by atoms with Crippen LogP contribution in [0, 0.1) is 25.2 Å². The molecule has 0 aliphatic heterocycles. The summed E-state index contributed by atoms with van der Waals surface area (Å²) in [7, 11) is 0. The van der Waals surface area contributed by atoms with E-state index < -0.39 is 11.5 Å². The Morgan fingerprint density at radius 3 is 2.74 bits per heavy atom. The van der Waals surface area contributed by atoms with E-state index in [9.17, 15) is 9.59 Å². The van der Waals surface area contributed by atoms with Crippen LogP contribution in [-0.4, -0.2) is 15.9 Å². The molecule has 19 heavy (non-hydrogen) atoms. The molecule has 0 saturated heterocycles. The number of nitrogens with one attached hydrogen (secondary N) is 1. The number of rotatable bonds is 2. The molecule has 2 aromatic heterocycles. The molecular weight excluding hydrogens is 264 g/mol. The third-order valence-corrected chi connectivity index (χ3v) is 3.61. The van der Waals surface area contributed by atoms with Gasteiger partial charge in [0, 0.05) is 16.1 Å². The molecule has 0 atom stereocenters. The monoisotopic (exact) mass is 274 g/mol. The smallest absolute Gasteiger partial charge is 0.277 e. The van der Waals surface area contributed by atoms with Crippen LogP contribution in [0.3, 0.4) is 0 Å². The number of amides is 1. The number of aromatic nitrogens is 2. The summed E-state index contributed by atoms with van der Waals surface area (Å²) in [5.74, 6) is -0.595. The van der Waals surface area contributed by atoms with Gasteiger partial charge >= 0.3 is 0 Å². The minimum absolute atomic E-state index is 0.00799. The highest BCUT2D eigenvalue weighted by atomic mass is 32.1. The van der Waals surface area contributed by atoms with E-state index >= 15 is 0 Å². The molecule has 2 heterocycles. The predicted molar refractivity (Wildman–Crippen MR) is 70.9 cm³/mol. The fraction of sp³-hybridized carbons (Fsp3) is 0.167. The zero-order valence-electron chi connectivity index (χ0n) is 10.3. The first-order chi connectivity index (χ1) is 8.93. The predicted octanol–water partition coefficient (Wildman–Crippen LogP) is 1.09. The number of nitrogens with two attached hydrogens (primary N) is 1. The second-order valence-corrected chi connectivity index (χ2v) is 5.15. The van der Waals surface area contributed by atoms with E-state index in [1.807, 2.05) is 6.07 Å². The zero-order chi connectivity index (χ0) is 14.2. The van der Waals surface area contributed by atoms with E-state index in [1.54, 1.807) is 13.8 Å². The first-order valence-electron chi connectivity index (χ1n) is 5.35. The maximum atomic E-state index is 11.5. The van der Waals surface area contributed by atoms with Crippen molar-refractivity contribution in [2.45, 2.75) is 13.8 Å². The third kappa shape index (κ3) is 2.26. The number of hydrogen-bond acceptors (Lipinski definition) is 5. The summed E-state index contributed by atoms with van der Waals surface area (Å²) in [6.07, 6.45) is 0. The number of thiazole rings is 1. The SMILES string of the molecule is Cc1[nH]c(=O)c(C#N)cc1-c1nc(C(N)=O)sc1C. The van der Waals surface area contributed by atoms with Crippen LogP contribution < -0.4 is 11.3 Å². The number of aryl methyl sites for hydroxylation is 2. The normalized spacial score (nSPS) is 10.2. The van der Waals surface area contributed by atoms with Crippen LogP contribution in [0.5, 0.6) is 0 Å². The second-order valence-electron chi connectivity index (χ2n) is 3.95. The highest BCUT2D eigenvalue weighted by Crippen LogP contribution is 2.28. The molecule has 0 aromatic carbocycles. The molecule has 2 aromatic rings. The Labute approximate surface area is 112 Å². The van der Waals surface area contributed by atoms with Crippen molar-refractivity contribution in [3.8, 4) is 17.3 Å². The van der Waals surface area contributed by atoms with Crippen molar-refractivity contribution in [1.82, 2.24) is 9.97 Å². The summed E-state index contributed by atoms with van der Waals surface area (Å²) >= 11 is 1.18. The average molecular weight is 274 g/mol. The van der Waals surface area contributed by atoms with E-state index in [1.165, 1.54) is 17.4 Å². The van der Waals surface area contributed by atoms with Crippen molar-refractivity contribution in [2.24, 2.45) is 5.73 Å². The fourth-order valence-corrected chi connectivity index (χ4v) is 2.48. The number of pyridine rings is 1. The van der Waals surface area contributed by atoms with Crippen LogP contribution in [0.2, 0.25) is 0 Å². The molecule has 2 rings (SSSR count). The lowest BCUT2D eigenvalue weighted by Crippen LogP contribution is -2.12. The molecule has 0 saturated carbocycles. The van der Waals surface area contributed by atoms with Gasteiger partial charge in [-0.3, -0.25) is 9.59 Å². The Hall–Kier alpha value is -2.46. The van der Waals surface area contributed by atoms with E-state index in [-0.39, 0.29) is 10.6 Å². The number of nitrogens with zero attached hydrogens (tertiary/aromatic N) is 2. The van der Waals surface area contributed by atoms with Crippen molar-refractivity contribution < 1.29 is 4.79 Å². The minimum Gasteiger partial charge on any atom is -0.364 e. The lowest BCUT2D eigenvalue weighted by atomic mass is 10.1. The molecule has 0 aliphatic carbocycles. The molecule has 0 aliphatic rings. The molecule has 1 amide bonds. The van der Waals surface area contributed by atoms with Crippen LogP contribution in [0.15, 0.2) is 10.9 Å². The number of primary amides is 1. The van der Waals surface area contributed by atoms with Gasteiger partial charge in [0.15, 0.2) is 5.01 Å². The number of H-pyrrole nitrogens is 1. The van der Waals surface area contributed by atoms with Crippen LogP contribution >= 0.6 is 11.3 Å². The molecule has 0 fully saturated rings. The summed E-state index contributed by atoms with van der Waals surface area (Å²) in [4.78, 5) is 30.2. The molecule has 3 N–H and O–H groups in total. The summed E-state index contributed by atoms with van der Waals surface area (Å²) in [5.41, 5.74) is 6.53. The van der Waals surface area contributed by atoms with Crippen molar-refractivity contribution in [2.75, 3.05) is 0 Å². The first-order valence-corrected chi connectivity index (χ1v) is 6.17. The van der Waals surface area contributed by atoms with Crippen LogP contribution in [0.4, 0.5) is 0 Å². The molecule has 0 spiro atoms. The number of nitriles is 1. The quantitative estimate of drug-likeness (QED) is 0.853. The second kappa shape index (κ2) is 4.66. The molecule has 0 radical (unpaired) electrons. The van der Waals surface area contributed by atoms with Crippen LogP contribution in [0.25, 0.3) is 11.3 Å². The van der Waals surface area contributed by atoms with Gasteiger partial charge in [0.25, 0.3) is 11.5 Å². The Kier molecular flexibility index (Phi) is 3.19. The molecule has 0 unspecified atom stereocenters. The van der Waals surface area contributed by atoms with Gasteiger partial charge in [0.1, 0.15) is 11.6 Å². The Bertz CT molecular complexity index is 767. The van der Waals surface area contributed by atoms with Crippen molar-refractivity contribution in [3.63, 3.8) is 0 Å². The zero-order valence-corrected chi connectivity index (χ0v) is 11.1. The largest absolute Gasteiger partial charge is 0.364 e. The van der Waals surface area contributed by atoms with Gasteiger partial charge in [-0.05, 0) is 19.9 Å². The summed E-state index contributed by atoms with van der Waals surface area (Å²) in [6, 6.07) is 3.30. The Morgan fingerprint density at radius 1 is 1.53 bits per heavy atom. The highest BCUT2D eigenvalue weighted by molar-refractivity contribution is 7.14. The summed E-state index contributed by atoms with van der Waals surface area (Å²) < 4.78 is 0. The molecular formula is C12H10N4O2S.